The van der Waals surface area contributed by atoms with Gasteiger partial charge in [0.2, 0.25) is 10.0 Å². The van der Waals surface area contributed by atoms with Crippen LogP contribution in [-0.4, -0.2) is 27.3 Å². The molecule has 0 aliphatic rings. The van der Waals surface area contributed by atoms with Crippen molar-refractivity contribution in [2.75, 3.05) is 6.54 Å². The summed E-state index contributed by atoms with van der Waals surface area (Å²) in [4.78, 5) is -0.412. The molecule has 0 unspecified atom stereocenters. The second kappa shape index (κ2) is 6.25. The summed E-state index contributed by atoms with van der Waals surface area (Å²) in [6, 6.07) is 3.41. The lowest BCUT2D eigenvalue weighted by Crippen LogP contribution is -2.41. The Morgan fingerprint density at radius 2 is 1.95 bits per heavy atom. The molecule has 0 atom stereocenters. The fraction of sp³-hybridized carbons (Fsp3) is 0.400. The van der Waals surface area contributed by atoms with Gasteiger partial charge in [-0.2, -0.15) is 8.78 Å². The van der Waals surface area contributed by atoms with Crippen molar-refractivity contribution < 1.29 is 26.0 Å². The van der Waals surface area contributed by atoms with Gasteiger partial charge < -0.3 is 5.73 Å². The van der Waals surface area contributed by atoms with Crippen molar-refractivity contribution in [3.63, 3.8) is 0 Å². The Labute approximate surface area is 118 Å². The van der Waals surface area contributed by atoms with E-state index in [0.717, 1.165) is 12.1 Å². The molecule has 3 N–H and O–H groups in total. The van der Waals surface area contributed by atoms with E-state index in [4.69, 9.17) is 17.3 Å². The predicted molar refractivity (Wildman–Crippen MR) is 65.5 cm³/mol. The van der Waals surface area contributed by atoms with Crippen LogP contribution in [0.4, 0.5) is 17.6 Å². The maximum Gasteiger partial charge on any atom is 0.320 e. The smallest absolute Gasteiger partial charge is 0.320 e. The highest BCUT2D eigenvalue weighted by atomic mass is 35.5. The molecule has 0 aromatic heterocycles. The standard InChI is InChI=1S/C10H11ClF4N2O2S/c11-8-3-7(2-1-6(8)4-16)20(18,19)17-5-10(14,15)9(12)13/h1-3,9,17H,4-5,16H2. The van der Waals surface area contributed by atoms with Gasteiger partial charge in [0.05, 0.1) is 11.4 Å². The molecule has 0 saturated heterocycles. The zero-order valence-electron chi connectivity index (χ0n) is 9.92. The van der Waals surface area contributed by atoms with E-state index in [9.17, 15) is 26.0 Å². The molecule has 0 saturated carbocycles. The lowest BCUT2D eigenvalue weighted by Gasteiger charge is -2.16. The Balaban J connectivity index is 2.92. The maximum absolute atomic E-state index is 12.7. The van der Waals surface area contributed by atoms with Crippen molar-refractivity contribution in [1.82, 2.24) is 4.72 Å². The van der Waals surface area contributed by atoms with E-state index >= 15 is 0 Å². The first-order valence-corrected chi connectivity index (χ1v) is 7.10. The third-order valence-corrected chi connectivity index (χ3v) is 4.12. The molecule has 0 fully saturated rings. The second-order valence-corrected chi connectivity index (χ2v) is 6.02. The minimum absolute atomic E-state index is 0.0380. The summed E-state index contributed by atoms with van der Waals surface area (Å²) in [7, 11) is -4.36. The van der Waals surface area contributed by atoms with E-state index in [1.54, 1.807) is 0 Å². The molecule has 1 aromatic carbocycles. The number of benzene rings is 1. The highest BCUT2D eigenvalue weighted by Crippen LogP contribution is 2.24. The van der Waals surface area contributed by atoms with Crippen LogP contribution in [-0.2, 0) is 16.6 Å². The summed E-state index contributed by atoms with van der Waals surface area (Å²) >= 11 is 5.74. The number of halogens is 5. The predicted octanol–water partition coefficient (Wildman–Crippen LogP) is 1.98. The monoisotopic (exact) mass is 334 g/mol. The Morgan fingerprint density at radius 3 is 2.40 bits per heavy atom. The zero-order valence-corrected chi connectivity index (χ0v) is 11.5. The maximum atomic E-state index is 12.7. The molecule has 1 aromatic rings. The molecule has 0 heterocycles. The molecule has 0 aliphatic carbocycles. The Bertz CT molecular complexity index is 581. The molecule has 10 heteroatoms. The van der Waals surface area contributed by atoms with Gasteiger partial charge in [0.25, 0.3) is 0 Å². The topological polar surface area (TPSA) is 72.2 Å². The highest BCUT2D eigenvalue weighted by molar-refractivity contribution is 7.89. The first-order chi connectivity index (χ1) is 9.10. The zero-order chi connectivity index (χ0) is 15.6. The normalized spacial score (nSPS) is 12.9. The number of nitrogens with one attached hydrogen (secondary N) is 1. The third-order valence-electron chi connectivity index (χ3n) is 2.37. The number of alkyl halides is 4. The second-order valence-electron chi connectivity index (χ2n) is 3.84. The van der Waals surface area contributed by atoms with Gasteiger partial charge in [0, 0.05) is 11.6 Å². The number of sulfonamides is 1. The number of hydrogen-bond donors (Lipinski definition) is 2. The molecule has 0 radical (unpaired) electrons. The van der Waals surface area contributed by atoms with Crippen LogP contribution in [0.25, 0.3) is 0 Å². The summed E-state index contributed by atoms with van der Waals surface area (Å²) in [5, 5.41) is 0.0380. The minimum atomic E-state index is -4.45. The molecule has 1 rings (SSSR count). The van der Waals surface area contributed by atoms with Crippen LogP contribution in [0.3, 0.4) is 0 Å². The lowest BCUT2D eigenvalue weighted by molar-refractivity contribution is -0.122. The Kier molecular flexibility index (Phi) is 5.36. The van der Waals surface area contributed by atoms with Crippen molar-refractivity contribution in [2.24, 2.45) is 5.73 Å². The van der Waals surface area contributed by atoms with Crippen LogP contribution in [0, 0.1) is 0 Å². The molecular formula is C10H11ClF4N2O2S. The van der Waals surface area contributed by atoms with Gasteiger partial charge in [-0.15, -0.1) is 0 Å². The molecule has 0 spiro atoms. The third kappa shape index (κ3) is 4.05. The summed E-state index contributed by atoms with van der Waals surface area (Å²) in [6.07, 6.45) is -3.96. The van der Waals surface area contributed by atoms with E-state index in [0.29, 0.717) is 5.56 Å². The largest absolute Gasteiger partial charge is 0.326 e. The molecule has 4 nitrogen and oxygen atoms in total. The number of rotatable bonds is 6. The summed E-state index contributed by atoms with van der Waals surface area (Å²) < 4.78 is 74.0. The van der Waals surface area contributed by atoms with Crippen molar-refractivity contribution in [3.8, 4) is 0 Å². The lowest BCUT2D eigenvalue weighted by atomic mass is 10.2. The first-order valence-electron chi connectivity index (χ1n) is 5.24. The van der Waals surface area contributed by atoms with Crippen molar-refractivity contribution in [1.29, 1.82) is 0 Å². The van der Waals surface area contributed by atoms with Gasteiger partial charge in [-0.05, 0) is 17.7 Å². The van der Waals surface area contributed by atoms with Crippen molar-refractivity contribution >= 4 is 21.6 Å². The van der Waals surface area contributed by atoms with E-state index in [1.807, 2.05) is 0 Å². The van der Waals surface area contributed by atoms with Crippen LogP contribution >= 0.6 is 11.6 Å². The highest BCUT2D eigenvalue weighted by Gasteiger charge is 2.41. The summed E-state index contributed by atoms with van der Waals surface area (Å²) in [5.41, 5.74) is 5.79. The fourth-order valence-corrected chi connectivity index (χ4v) is 2.60. The van der Waals surface area contributed by atoms with E-state index in [1.165, 1.54) is 10.8 Å². The van der Waals surface area contributed by atoms with Gasteiger partial charge in [0.1, 0.15) is 0 Å². The summed E-state index contributed by atoms with van der Waals surface area (Å²) in [6.45, 7) is -1.64. The van der Waals surface area contributed by atoms with E-state index < -0.39 is 33.8 Å². The van der Waals surface area contributed by atoms with Crippen LogP contribution in [0.1, 0.15) is 5.56 Å². The van der Waals surface area contributed by atoms with Crippen molar-refractivity contribution in [3.05, 3.63) is 28.8 Å². The number of hydrogen-bond acceptors (Lipinski definition) is 3. The van der Waals surface area contributed by atoms with Crippen molar-refractivity contribution in [2.45, 2.75) is 23.8 Å². The van der Waals surface area contributed by atoms with Gasteiger partial charge in [-0.25, -0.2) is 21.9 Å². The van der Waals surface area contributed by atoms with E-state index in [2.05, 4.69) is 0 Å². The van der Waals surface area contributed by atoms with Gasteiger partial charge in [0.15, 0.2) is 0 Å². The minimum Gasteiger partial charge on any atom is -0.326 e. The molecule has 0 aliphatic heterocycles. The van der Waals surface area contributed by atoms with Crippen LogP contribution in [0.5, 0.6) is 0 Å². The molecule has 114 valence electrons. The van der Waals surface area contributed by atoms with Gasteiger partial charge in [-0.3, -0.25) is 0 Å². The van der Waals surface area contributed by atoms with E-state index in [-0.39, 0.29) is 11.6 Å². The molecule has 0 bridgehead atoms. The molecule has 20 heavy (non-hydrogen) atoms. The Morgan fingerprint density at radius 1 is 1.35 bits per heavy atom. The summed E-state index contributed by atoms with van der Waals surface area (Å²) in [5.74, 6) is -4.45. The quantitative estimate of drug-likeness (QED) is 0.781. The average molecular weight is 335 g/mol. The fourth-order valence-electron chi connectivity index (χ4n) is 1.21. The average Bonchev–Trinajstić information content (AvgIpc) is 2.36. The SMILES string of the molecule is NCc1ccc(S(=O)(=O)NCC(F)(F)C(F)F)cc1Cl. The van der Waals surface area contributed by atoms with Gasteiger partial charge in [-0.1, -0.05) is 17.7 Å². The van der Waals surface area contributed by atoms with Crippen LogP contribution < -0.4 is 10.5 Å². The molecular weight excluding hydrogens is 324 g/mol. The van der Waals surface area contributed by atoms with Crippen LogP contribution in [0.2, 0.25) is 5.02 Å². The molecule has 0 amide bonds. The number of nitrogens with two attached hydrogens (primary N) is 1. The first kappa shape index (κ1) is 17.2. The van der Waals surface area contributed by atoms with Gasteiger partial charge >= 0.3 is 12.3 Å². The van der Waals surface area contributed by atoms with Crippen LogP contribution in [0.15, 0.2) is 23.1 Å². The Hall–Kier alpha value is -0.900.